The predicted molar refractivity (Wildman–Crippen MR) is 124 cm³/mol. The van der Waals surface area contributed by atoms with Crippen molar-refractivity contribution >= 4 is 34.6 Å². The highest BCUT2D eigenvalue weighted by Crippen LogP contribution is 2.15. The Kier molecular flexibility index (Phi) is 7.41. The molecule has 0 saturated heterocycles. The van der Waals surface area contributed by atoms with Gasteiger partial charge in [-0.1, -0.05) is 24.3 Å². The Hall–Kier alpha value is -5.20. The van der Waals surface area contributed by atoms with Crippen molar-refractivity contribution in [2.45, 2.75) is 13.8 Å². The van der Waals surface area contributed by atoms with E-state index in [1.807, 2.05) is 0 Å². The summed E-state index contributed by atoms with van der Waals surface area (Å²) in [7, 11) is 0. The van der Waals surface area contributed by atoms with Gasteiger partial charge in [-0.15, -0.1) is 0 Å². The van der Waals surface area contributed by atoms with Crippen LogP contribution >= 0.6 is 0 Å². The molecule has 3 rings (SSSR count). The second-order valence-electron chi connectivity index (χ2n) is 7.06. The van der Waals surface area contributed by atoms with Gasteiger partial charge < -0.3 is 4.42 Å². The maximum atomic E-state index is 12.3. The topological polar surface area (TPSA) is 182 Å². The first kappa shape index (κ1) is 24.4. The molecule has 0 atom stereocenters. The van der Waals surface area contributed by atoms with E-state index in [4.69, 9.17) is 4.42 Å². The van der Waals surface area contributed by atoms with Gasteiger partial charge in [-0.3, -0.25) is 29.8 Å². The molecule has 13 heteroatoms. The zero-order valence-electron chi connectivity index (χ0n) is 18.4. The standard InChI is InChI=1S/C22H18N6O7/c1-13(15-5-3-7-17(11-15)27(31)32)23-25-21(29)19-9-10-20(35-19)22(30)26-24-14(2)16-6-4-8-18(12-16)28(33)34/h3-12H,1-2H3,(H,25,29)(H,26,30). The van der Waals surface area contributed by atoms with Gasteiger partial charge in [-0.2, -0.15) is 10.2 Å². The third kappa shape index (κ3) is 6.19. The minimum atomic E-state index is -0.745. The van der Waals surface area contributed by atoms with Crippen LogP contribution in [0.5, 0.6) is 0 Å². The molecule has 0 radical (unpaired) electrons. The molecular formula is C22H18N6O7. The summed E-state index contributed by atoms with van der Waals surface area (Å²) in [4.78, 5) is 45.3. The zero-order valence-corrected chi connectivity index (χ0v) is 18.4. The summed E-state index contributed by atoms with van der Waals surface area (Å²) in [6, 6.07) is 14.0. The molecule has 0 aliphatic rings. The first-order valence-corrected chi connectivity index (χ1v) is 9.94. The van der Waals surface area contributed by atoms with Gasteiger partial charge in [0.2, 0.25) is 0 Å². The van der Waals surface area contributed by atoms with E-state index in [1.54, 1.807) is 26.0 Å². The van der Waals surface area contributed by atoms with Crippen LogP contribution in [0.15, 0.2) is 75.3 Å². The molecule has 2 aromatic carbocycles. The maximum absolute atomic E-state index is 12.3. The van der Waals surface area contributed by atoms with E-state index < -0.39 is 21.7 Å². The smallest absolute Gasteiger partial charge is 0.307 e. The molecule has 0 fully saturated rings. The Bertz CT molecular complexity index is 1270. The van der Waals surface area contributed by atoms with Gasteiger partial charge in [0, 0.05) is 35.4 Å². The molecule has 2 N–H and O–H groups in total. The average Bonchev–Trinajstić information content (AvgIpc) is 3.36. The van der Waals surface area contributed by atoms with E-state index >= 15 is 0 Å². The van der Waals surface area contributed by atoms with Gasteiger partial charge in [-0.05, 0) is 26.0 Å². The molecule has 35 heavy (non-hydrogen) atoms. The molecule has 0 aliphatic carbocycles. The van der Waals surface area contributed by atoms with Gasteiger partial charge >= 0.3 is 11.8 Å². The van der Waals surface area contributed by atoms with Crippen LogP contribution in [0.25, 0.3) is 0 Å². The summed E-state index contributed by atoms with van der Waals surface area (Å²) in [5.41, 5.74) is 5.79. The summed E-state index contributed by atoms with van der Waals surface area (Å²) in [5, 5.41) is 29.6. The highest BCUT2D eigenvalue weighted by molar-refractivity contribution is 6.02. The molecule has 0 saturated carbocycles. The van der Waals surface area contributed by atoms with Crippen LogP contribution in [-0.2, 0) is 0 Å². The molecule has 0 aliphatic heterocycles. The number of carbonyl (C=O) groups excluding carboxylic acids is 2. The fourth-order valence-corrected chi connectivity index (χ4v) is 2.78. The Morgan fingerprint density at radius 3 is 1.51 bits per heavy atom. The summed E-state index contributed by atoms with van der Waals surface area (Å²) in [6.45, 7) is 3.12. The van der Waals surface area contributed by atoms with E-state index in [0.29, 0.717) is 22.6 Å². The molecule has 0 unspecified atom stereocenters. The van der Waals surface area contributed by atoms with Crippen molar-refractivity contribution in [3.63, 3.8) is 0 Å². The predicted octanol–water partition coefficient (Wildman–Crippen LogP) is 3.40. The molecule has 0 bridgehead atoms. The number of non-ortho nitro benzene ring substituents is 2. The van der Waals surface area contributed by atoms with Gasteiger partial charge in [0.15, 0.2) is 11.5 Å². The minimum Gasteiger partial charge on any atom is -0.446 e. The van der Waals surface area contributed by atoms with Gasteiger partial charge in [0.1, 0.15) is 0 Å². The zero-order chi connectivity index (χ0) is 25.5. The van der Waals surface area contributed by atoms with Crippen LogP contribution in [-0.4, -0.2) is 33.1 Å². The monoisotopic (exact) mass is 478 g/mol. The number of nitro benzene ring substituents is 2. The van der Waals surface area contributed by atoms with Crippen LogP contribution in [0, 0.1) is 20.2 Å². The third-order valence-corrected chi connectivity index (χ3v) is 4.65. The van der Waals surface area contributed by atoms with Crippen LogP contribution < -0.4 is 10.9 Å². The van der Waals surface area contributed by atoms with E-state index in [1.165, 1.54) is 48.5 Å². The van der Waals surface area contributed by atoms with Crippen molar-refractivity contribution in [2.75, 3.05) is 0 Å². The summed E-state index contributed by atoms with van der Waals surface area (Å²) in [6.07, 6.45) is 0. The number of furan rings is 1. The Morgan fingerprint density at radius 1 is 0.743 bits per heavy atom. The molecule has 2 amide bonds. The lowest BCUT2D eigenvalue weighted by Gasteiger charge is -2.02. The molecule has 1 aromatic heterocycles. The second-order valence-corrected chi connectivity index (χ2v) is 7.06. The highest BCUT2D eigenvalue weighted by atomic mass is 16.6. The number of amides is 2. The average molecular weight is 478 g/mol. The summed E-state index contributed by atoms with van der Waals surface area (Å²) < 4.78 is 5.24. The quantitative estimate of drug-likeness (QED) is 0.282. The number of nitrogens with one attached hydrogen (secondary N) is 2. The summed E-state index contributed by atoms with van der Waals surface area (Å²) >= 11 is 0. The van der Waals surface area contributed by atoms with Crippen LogP contribution in [0.4, 0.5) is 11.4 Å². The van der Waals surface area contributed by atoms with E-state index in [9.17, 15) is 29.8 Å². The fourth-order valence-electron chi connectivity index (χ4n) is 2.78. The Morgan fingerprint density at radius 2 is 1.14 bits per heavy atom. The van der Waals surface area contributed by atoms with Crippen molar-refractivity contribution in [3.8, 4) is 0 Å². The Balaban J connectivity index is 1.64. The van der Waals surface area contributed by atoms with E-state index in [2.05, 4.69) is 21.1 Å². The highest BCUT2D eigenvalue weighted by Gasteiger charge is 2.16. The number of nitro groups is 2. The van der Waals surface area contributed by atoms with Crippen molar-refractivity contribution in [2.24, 2.45) is 10.2 Å². The lowest BCUT2D eigenvalue weighted by atomic mass is 10.1. The van der Waals surface area contributed by atoms with Crippen molar-refractivity contribution < 1.29 is 23.9 Å². The third-order valence-electron chi connectivity index (χ3n) is 4.65. The van der Waals surface area contributed by atoms with Crippen molar-refractivity contribution in [1.82, 2.24) is 10.9 Å². The van der Waals surface area contributed by atoms with Crippen LogP contribution in [0.1, 0.15) is 46.1 Å². The molecule has 178 valence electrons. The molecule has 0 spiro atoms. The minimum absolute atomic E-state index is 0.117. The van der Waals surface area contributed by atoms with Gasteiger partial charge in [0.25, 0.3) is 11.4 Å². The van der Waals surface area contributed by atoms with Crippen molar-refractivity contribution in [1.29, 1.82) is 0 Å². The van der Waals surface area contributed by atoms with Gasteiger partial charge in [-0.25, -0.2) is 10.9 Å². The van der Waals surface area contributed by atoms with Crippen LogP contribution in [0.3, 0.4) is 0 Å². The number of benzene rings is 2. The number of rotatable bonds is 8. The lowest BCUT2D eigenvalue weighted by Crippen LogP contribution is -2.20. The second kappa shape index (κ2) is 10.6. The molecule has 1 heterocycles. The van der Waals surface area contributed by atoms with E-state index in [-0.39, 0.29) is 22.9 Å². The first-order valence-electron chi connectivity index (χ1n) is 9.94. The first-order chi connectivity index (χ1) is 16.7. The van der Waals surface area contributed by atoms with Crippen LogP contribution in [0.2, 0.25) is 0 Å². The maximum Gasteiger partial charge on any atom is 0.307 e. The number of hydrazone groups is 2. The molecule has 3 aromatic rings. The normalized spacial score (nSPS) is 11.6. The number of hydrogen-bond acceptors (Lipinski definition) is 9. The fraction of sp³-hybridized carbons (Fsp3) is 0.0909. The van der Waals surface area contributed by atoms with Crippen molar-refractivity contribution in [3.05, 3.63) is 104 Å². The lowest BCUT2D eigenvalue weighted by molar-refractivity contribution is -0.385. The summed E-state index contributed by atoms with van der Waals surface area (Å²) in [5.74, 6) is -1.90. The number of hydrogen-bond donors (Lipinski definition) is 2. The molecular weight excluding hydrogens is 460 g/mol. The Labute approximate surface area is 197 Å². The number of nitrogens with zero attached hydrogens (tertiary/aromatic N) is 4. The SMILES string of the molecule is CC(=NNC(=O)c1ccc(C(=O)NN=C(C)c2cccc([N+](=O)[O-])c2)o1)c1cccc([N+](=O)[O-])c1. The number of carbonyl (C=O) groups is 2. The van der Waals surface area contributed by atoms with Gasteiger partial charge in [0.05, 0.1) is 21.3 Å². The molecule has 13 nitrogen and oxygen atoms in total. The van der Waals surface area contributed by atoms with E-state index in [0.717, 1.165) is 0 Å². The largest absolute Gasteiger partial charge is 0.446 e.